The summed E-state index contributed by atoms with van der Waals surface area (Å²) < 4.78 is 15.9. The number of rotatable bonds is 3. The second-order valence-electron chi connectivity index (χ2n) is 4.28. The van der Waals surface area contributed by atoms with E-state index in [1.54, 1.807) is 12.1 Å². The highest BCUT2D eigenvalue weighted by Crippen LogP contribution is 2.38. The maximum atomic E-state index is 11.5. The summed E-state index contributed by atoms with van der Waals surface area (Å²) in [5.74, 6) is -0.609. The highest BCUT2D eigenvalue weighted by Gasteiger charge is 2.17. The fourth-order valence-electron chi connectivity index (χ4n) is 2.27. The van der Waals surface area contributed by atoms with Crippen molar-refractivity contribution < 1.29 is 23.5 Å². The lowest BCUT2D eigenvalue weighted by Gasteiger charge is -2.08. The van der Waals surface area contributed by atoms with Gasteiger partial charge >= 0.3 is 11.6 Å². The average Bonchev–Trinajstić information content (AvgIpc) is 2.92. The first kappa shape index (κ1) is 13.0. The average molecular weight is 286 g/mol. The van der Waals surface area contributed by atoms with Crippen LogP contribution in [-0.4, -0.2) is 18.2 Å². The maximum absolute atomic E-state index is 11.5. The minimum absolute atomic E-state index is 0.222. The molecule has 0 fully saturated rings. The molecule has 6 heteroatoms. The zero-order chi connectivity index (χ0) is 15.0. The Morgan fingerprint density at radius 3 is 2.71 bits per heavy atom. The fraction of sp³-hybridized carbons (Fsp3) is 0.0667. The number of hydrogen-bond donors (Lipinski definition) is 1. The van der Waals surface area contributed by atoms with Crippen molar-refractivity contribution in [3.63, 3.8) is 0 Å². The Hall–Kier alpha value is -3.02. The molecule has 0 bridgehead atoms. The Kier molecular flexibility index (Phi) is 2.98. The van der Waals surface area contributed by atoms with Crippen molar-refractivity contribution in [3.8, 4) is 5.75 Å². The molecular formula is C15H10O6. The van der Waals surface area contributed by atoms with E-state index in [9.17, 15) is 9.59 Å². The van der Waals surface area contributed by atoms with Crippen molar-refractivity contribution in [2.24, 2.45) is 0 Å². The van der Waals surface area contributed by atoms with Gasteiger partial charge in [-0.3, -0.25) is 0 Å². The first-order chi connectivity index (χ1) is 10.1. The molecule has 3 rings (SSSR count). The van der Waals surface area contributed by atoms with Gasteiger partial charge in [-0.1, -0.05) is 0 Å². The van der Waals surface area contributed by atoms with Crippen LogP contribution in [-0.2, 0) is 4.79 Å². The van der Waals surface area contributed by atoms with Crippen LogP contribution in [0.4, 0.5) is 0 Å². The van der Waals surface area contributed by atoms with Crippen molar-refractivity contribution in [2.75, 3.05) is 7.11 Å². The van der Waals surface area contributed by atoms with Gasteiger partial charge in [-0.2, -0.15) is 0 Å². The number of methoxy groups -OCH3 is 1. The second-order valence-corrected chi connectivity index (χ2v) is 4.28. The molecule has 2 aromatic heterocycles. The molecule has 0 unspecified atom stereocenters. The monoisotopic (exact) mass is 286 g/mol. The van der Waals surface area contributed by atoms with Gasteiger partial charge in [-0.05, 0) is 18.2 Å². The minimum atomic E-state index is -1.11. The first-order valence-electron chi connectivity index (χ1n) is 6.04. The molecule has 3 aromatic rings. The normalized spacial score (nSPS) is 11.5. The fourth-order valence-corrected chi connectivity index (χ4v) is 2.27. The number of aliphatic carboxylic acids is 1. The van der Waals surface area contributed by atoms with E-state index in [-0.39, 0.29) is 5.58 Å². The molecule has 1 N–H and O–H groups in total. The highest BCUT2D eigenvalue weighted by molar-refractivity contribution is 6.08. The predicted octanol–water partition coefficient (Wildman–Crippen LogP) is 2.65. The molecular weight excluding hydrogens is 276 g/mol. The lowest BCUT2D eigenvalue weighted by molar-refractivity contribution is -0.131. The molecule has 0 aliphatic carbocycles. The van der Waals surface area contributed by atoms with E-state index in [1.165, 1.54) is 25.5 Å². The number of benzene rings is 1. The molecule has 1 aromatic carbocycles. The Labute approximate surface area is 117 Å². The number of carboxylic acid groups (broad SMARTS) is 1. The van der Waals surface area contributed by atoms with Crippen molar-refractivity contribution >= 4 is 34.0 Å². The van der Waals surface area contributed by atoms with Crippen LogP contribution in [0.1, 0.15) is 5.56 Å². The van der Waals surface area contributed by atoms with Gasteiger partial charge in [-0.25, -0.2) is 9.59 Å². The molecule has 21 heavy (non-hydrogen) atoms. The molecule has 0 atom stereocenters. The van der Waals surface area contributed by atoms with E-state index in [1.807, 2.05) is 0 Å². The first-order valence-corrected chi connectivity index (χ1v) is 6.04. The van der Waals surface area contributed by atoms with Crippen LogP contribution in [0.3, 0.4) is 0 Å². The van der Waals surface area contributed by atoms with E-state index in [0.717, 1.165) is 6.08 Å². The van der Waals surface area contributed by atoms with Crippen molar-refractivity contribution in [1.29, 1.82) is 0 Å². The van der Waals surface area contributed by atoms with Crippen LogP contribution in [0, 0.1) is 0 Å². The van der Waals surface area contributed by atoms with Gasteiger partial charge in [-0.15, -0.1) is 0 Å². The van der Waals surface area contributed by atoms with Crippen molar-refractivity contribution in [3.05, 3.63) is 46.5 Å². The third-order valence-corrected chi connectivity index (χ3v) is 3.07. The molecule has 0 amide bonds. The van der Waals surface area contributed by atoms with Crippen LogP contribution in [0.5, 0.6) is 5.75 Å². The van der Waals surface area contributed by atoms with E-state index in [2.05, 4.69) is 0 Å². The lowest BCUT2D eigenvalue weighted by atomic mass is 10.1. The van der Waals surface area contributed by atoms with E-state index >= 15 is 0 Å². The quantitative estimate of drug-likeness (QED) is 0.588. The summed E-state index contributed by atoms with van der Waals surface area (Å²) in [6, 6.07) is 4.56. The molecule has 106 valence electrons. The number of carbonyl (C=O) groups is 1. The SMILES string of the molecule is COc1c2ccoc2c(/C=C/C(=O)O)c2oc(=O)ccc12. The summed E-state index contributed by atoms with van der Waals surface area (Å²) in [7, 11) is 1.50. The van der Waals surface area contributed by atoms with Crippen LogP contribution in [0.2, 0.25) is 0 Å². The third kappa shape index (κ3) is 2.06. The molecule has 0 aliphatic heterocycles. The van der Waals surface area contributed by atoms with Gasteiger partial charge in [0.1, 0.15) is 11.3 Å². The minimum Gasteiger partial charge on any atom is -0.495 e. The second kappa shape index (κ2) is 4.82. The van der Waals surface area contributed by atoms with Crippen LogP contribution in [0.15, 0.2) is 44.2 Å². The molecule has 0 saturated heterocycles. The van der Waals surface area contributed by atoms with Crippen LogP contribution >= 0.6 is 0 Å². The van der Waals surface area contributed by atoms with E-state index < -0.39 is 11.6 Å². The molecule has 2 heterocycles. The molecule has 0 spiro atoms. The van der Waals surface area contributed by atoms with Gasteiger partial charge in [0, 0.05) is 12.1 Å². The zero-order valence-electron chi connectivity index (χ0n) is 11.0. The summed E-state index contributed by atoms with van der Waals surface area (Å²) in [6.45, 7) is 0. The number of carboxylic acids is 1. The topological polar surface area (TPSA) is 89.9 Å². The summed E-state index contributed by atoms with van der Waals surface area (Å²) in [4.78, 5) is 22.2. The molecule has 0 radical (unpaired) electrons. The zero-order valence-corrected chi connectivity index (χ0v) is 11.0. The van der Waals surface area contributed by atoms with Crippen molar-refractivity contribution in [2.45, 2.75) is 0 Å². The van der Waals surface area contributed by atoms with E-state index in [0.29, 0.717) is 27.7 Å². The Morgan fingerprint density at radius 2 is 2.00 bits per heavy atom. The summed E-state index contributed by atoms with van der Waals surface area (Å²) in [5.41, 5.74) is 0.455. The standard InChI is InChI=1S/C15H10O6/c1-19-13-8-3-5-12(18)21-15(8)9(2-4-11(16)17)14-10(13)6-7-20-14/h2-7H,1H3,(H,16,17)/b4-2+. The Bertz CT molecular complexity index is 928. The van der Waals surface area contributed by atoms with Gasteiger partial charge in [0.25, 0.3) is 0 Å². The number of fused-ring (bicyclic) bond motifs is 2. The smallest absolute Gasteiger partial charge is 0.336 e. The predicted molar refractivity (Wildman–Crippen MR) is 75.5 cm³/mol. The van der Waals surface area contributed by atoms with Gasteiger partial charge in [0.05, 0.1) is 29.7 Å². The van der Waals surface area contributed by atoms with Crippen LogP contribution in [0.25, 0.3) is 28.0 Å². The molecule has 0 saturated carbocycles. The number of hydrogen-bond acceptors (Lipinski definition) is 5. The lowest BCUT2D eigenvalue weighted by Crippen LogP contribution is -1.98. The maximum Gasteiger partial charge on any atom is 0.336 e. The third-order valence-electron chi connectivity index (χ3n) is 3.07. The summed E-state index contributed by atoms with van der Waals surface area (Å²) >= 11 is 0. The van der Waals surface area contributed by atoms with Gasteiger partial charge in [0.15, 0.2) is 5.58 Å². The van der Waals surface area contributed by atoms with Crippen molar-refractivity contribution in [1.82, 2.24) is 0 Å². The number of ether oxygens (including phenoxy) is 1. The highest BCUT2D eigenvalue weighted by atomic mass is 16.5. The molecule has 6 nitrogen and oxygen atoms in total. The van der Waals surface area contributed by atoms with Crippen LogP contribution < -0.4 is 10.4 Å². The van der Waals surface area contributed by atoms with E-state index in [4.69, 9.17) is 18.7 Å². The Balaban J connectivity index is 2.51. The Morgan fingerprint density at radius 1 is 1.24 bits per heavy atom. The summed E-state index contributed by atoms with van der Waals surface area (Å²) in [5, 5.41) is 10.0. The molecule has 0 aliphatic rings. The van der Waals surface area contributed by atoms with Gasteiger partial charge in [0.2, 0.25) is 0 Å². The summed E-state index contributed by atoms with van der Waals surface area (Å²) in [6.07, 6.45) is 3.75. The van der Waals surface area contributed by atoms with Gasteiger partial charge < -0.3 is 18.7 Å². The largest absolute Gasteiger partial charge is 0.495 e. The number of furan rings is 1.